The predicted molar refractivity (Wildman–Crippen MR) is 151 cm³/mol. The van der Waals surface area contributed by atoms with Gasteiger partial charge in [-0.1, -0.05) is 11.6 Å². The Labute approximate surface area is 233 Å². The molecule has 4 rings (SSSR count). The number of fused-ring (bicyclic) bond motifs is 1. The van der Waals surface area contributed by atoms with Crippen molar-refractivity contribution in [2.75, 3.05) is 23.0 Å². The van der Waals surface area contributed by atoms with Gasteiger partial charge in [0.05, 0.1) is 22.7 Å². The first-order valence-electron chi connectivity index (χ1n) is 12.8. The fourth-order valence-corrected chi connectivity index (χ4v) is 4.76. The van der Waals surface area contributed by atoms with Gasteiger partial charge in [-0.25, -0.2) is 0 Å². The summed E-state index contributed by atoms with van der Waals surface area (Å²) in [6.45, 7) is 7.50. The number of anilines is 2. The van der Waals surface area contributed by atoms with Gasteiger partial charge in [-0.2, -0.15) is 0 Å². The maximum Gasteiger partial charge on any atom is 0.312 e. The first-order chi connectivity index (χ1) is 18.5. The van der Waals surface area contributed by atoms with E-state index in [0.717, 1.165) is 5.69 Å². The third kappa shape index (κ3) is 5.91. The van der Waals surface area contributed by atoms with Crippen molar-refractivity contribution in [2.24, 2.45) is 5.41 Å². The van der Waals surface area contributed by atoms with Gasteiger partial charge >= 0.3 is 5.97 Å². The zero-order chi connectivity index (χ0) is 28.3. The van der Waals surface area contributed by atoms with Gasteiger partial charge in [0.1, 0.15) is 12.4 Å². The molecular formula is C30H32ClN3O5. The van der Waals surface area contributed by atoms with Gasteiger partial charge in [0.2, 0.25) is 5.91 Å². The Morgan fingerprint density at radius 2 is 1.77 bits per heavy atom. The van der Waals surface area contributed by atoms with Crippen molar-refractivity contribution in [3.8, 4) is 5.75 Å². The number of likely N-dealkylation sites (N-methyl/N-ethyl adjacent to an activating group) is 1. The van der Waals surface area contributed by atoms with Gasteiger partial charge < -0.3 is 19.6 Å². The molecule has 0 spiro atoms. The molecule has 8 nitrogen and oxygen atoms in total. The summed E-state index contributed by atoms with van der Waals surface area (Å²) in [6, 6.07) is 17.1. The van der Waals surface area contributed by atoms with Crippen LogP contribution in [-0.2, 0) is 9.59 Å². The maximum absolute atomic E-state index is 13.8. The van der Waals surface area contributed by atoms with Crippen LogP contribution in [0.2, 0.25) is 5.02 Å². The summed E-state index contributed by atoms with van der Waals surface area (Å²) < 4.78 is 5.64. The molecule has 2 heterocycles. The zero-order valence-electron chi connectivity index (χ0n) is 22.4. The Bertz CT molecular complexity index is 1360. The highest BCUT2D eigenvalue weighted by Crippen LogP contribution is 2.39. The van der Waals surface area contributed by atoms with Gasteiger partial charge in [-0.3, -0.25) is 19.4 Å². The Morgan fingerprint density at radius 1 is 1.10 bits per heavy atom. The summed E-state index contributed by atoms with van der Waals surface area (Å²) in [4.78, 5) is 46.8. The first kappa shape index (κ1) is 28.1. The van der Waals surface area contributed by atoms with Crippen LogP contribution < -0.4 is 14.5 Å². The Balaban J connectivity index is 1.57. The van der Waals surface area contributed by atoms with Crippen LogP contribution in [0.5, 0.6) is 5.75 Å². The van der Waals surface area contributed by atoms with E-state index in [-0.39, 0.29) is 24.5 Å². The number of pyridine rings is 1. The lowest BCUT2D eigenvalue weighted by molar-refractivity contribution is -0.148. The van der Waals surface area contributed by atoms with Crippen molar-refractivity contribution < 1.29 is 24.2 Å². The number of nitrogens with zero attached hydrogens (tertiary/aromatic N) is 3. The van der Waals surface area contributed by atoms with Crippen LogP contribution in [0.4, 0.5) is 11.4 Å². The number of carboxylic acids is 1. The molecule has 0 bridgehead atoms. The Morgan fingerprint density at radius 3 is 2.38 bits per heavy atom. The maximum atomic E-state index is 13.8. The second-order valence-electron chi connectivity index (χ2n) is 10.3. The van der Waals surface area contributed by atoms with Gasteiger partial charge in [-0.15, -0.1) is 0 Å². The number of amides is 2. The number of halogens is 1. The fraction of sp³-hybridized carbons (Fsp3) is 0.333. The van der Waals surface area contributed by atoms with Gasteiger partial charge in [0.15, 0.2) is 0 Å². The van der Waals surface area contributed by atoms with Crippen LogP contribution in [0.1, 0.15) is 56.1 Å². The highest BCUT2D eigenvalue weighted by Gasteiger charge is 2.40. The van der Waals surface area contributed by atoms with E-state index < -0.39 is 17.3 Å². The molecule has 204 valence electrons. The number of carboxylic acid groups (broad SMARTS) is 1. The molecule has 1 N–H and O–H groups in total. The normalized spacial score (nSPS) is 16.8. The van der Waals surface area contributed by atoms with Crippen molar-refractivity contribution >= 4 is 40.8 Å². The van der Waals surface area contributed by atoms with Gasteiger partial charge in [-0.05, 0) is 94.8 Å². The van der Waals surface area contributed by atoms with Crippen molar-refractivity contribution in [3.63, 3.8) is 0 Å². The van der Waals surface area contributed by atoms with E-state index in [9.17, 15) is 19.5 Å². The first-order valence-corrected chi connectivity index (χ1v) is 13.2. The largest absolute Gasteiger partial charge is 0.492 e. The second-order valence-corrected chi connectivity index (χ2v) is 10.7. The molecule has 1 aliphatic heterocycles. The number of rotatable bonds is 8. The number of carbonyl (C=O) groups is 3. The summed E-state index contributed by atoms with van der Waals surface area (Å²) in [6.07, 6.45) is 2.06. The molecule has 2 amide bonds. The van der Waals surface area contributed by atoms with Crippen molar-refractivity contribution in [2.45, 2.75) is 46.1 Å². The Hall–Kier alpha value is -3.91. The van der Waals surface area contributed by atoms with Crippen LogP contribution in [0.3, 0.4) is 0 Å². The van der Waals surface area contributed by atoms with Crippen LogP contribution in [0.25, 0.3) is 0 Å². The Kier molecular flexibility index (Phi) is 8.25. The lowest BCUT2D eigenvalue weighted by Gasteiger charge is -2.39. The molecular weight excluding hydrogens is 518 g/mol. The van der Waals surface area contributed by atoms with E-state index in [1.807, 2.05) is 32.0 Å². The molecule has 0 aliphatic carbocycles. The average molecular weight is 550 g/mol. The van der Waals surface area contributed by atoms with Crippen molar-refractivity contribution in [1.29, 1.82) is 0 Å². The quantitative estimate of drug-likeness (QED) is 0.381. The summed E-state index contributed by atoms with van der Waals surface area (Å²) in [5, 5.41) is 9.88. The number of hydrogen-bond donors (Lipinski definition) is 1. The fourth-order valence-electron chi connectivity index (χ4n) is 4.64. The summed E-state index contributed by atoms with van der Waals surface area (Å²) in [5.74, 6) is -1.28. The van der Waals surface area contributed by atoms with Crippen LogP contribution in [0.15, 0.2) is 66.9 Å². The predicted octanol–water partition coefficient (Wildman–Crippen LogP) is 5.80. The van der Waals surface area contributed by atoms with Crippen LogP contribution in [0, 0.1) is 5.41 Å². The molecule has 2 atom stereocenters. The number of aromatic nitrogens is 1. The smallest absolute Gasteiger partial charge is 0.312 e. The molecule has 0 fully saturated rings. The molecule has 9 heteroatoms. The summed E-state index contributed by atoms with van der Waals surface area (Å²) in [7, 11) is 0. The van der Waals surface area contributed by atoms with Crippen LogP contribution in [-0.4, -0.2) is 47.1 Å². The highest BCUT2D eigenvalue weighted by atomic mass is 35.5. The minimum Gasteiger partial charge on any atom is -0.492 e. The molecule has 1 aromatic heterocycles. The van der Waals surface area contributed by atoms with E-state index in [1.54, 1.807) is 72.3 Å². The summed E-state index contributed by atoms with van der Waals surface area (Å²) >= 11 is 6.04. The molecule has 0 saturated carbocycles. The topological polar surface area (TPSA) is 100 Å². The highest BCUT2D eigenvalue weighted by molar-refractivity contribution is 6.30. The van der Waals surface area contributed by atoms with E-state index in [1.165, 1.54) is 0 Å². The van der Waals surface area contributed by atoms with E-state index in [4.69, 9.17) is 16.3 Å². The lowest BCUT2D eigenvalue weighted by atomic mass is 9.87. The minimum atomic E-state index is -1.04. The lowest BCUT2D eigenvalue weighted by Crippen LogP contribution is -2.47. The number of ether oxygens (including phenoxy) is 1. The van der Waals surface area contributed by atoms with Crippen molar-refractivity contribution in [1.82, 2.24) is 4.98 Å². The second kappa shape index (κ2) is 11.5. The average Bonchev–Trinajstić information content (AvgIpc) is 2.92. The minimum absolute atomic E-state index is 0.00194. The standard InChI is InChI=1S/C30H32ClN3O5/c1-5-33(22-12-10-21(31)11-13-22)28(36)24-17-19(2)34(25-7-6-16-32-26(24)25)27(35)20-8-14-23(15-9-20)39-18-30(3,4)29(37)38/h6-16,19,24H,5,17-18H2,1-4H3,(H,37,38)/t19-,24-/m0/s1. The molecule has 0 unspecified atom stereocenters. The number of hydrogen-bond acceptors (Lipinski definition) is 5. The monoisotopic (exact) mass is 549 g/mol. The zero-order valence-corrected chi connectivity index (χ0v) is 23.2. The van der Waals surface area contributed by atoms with E-state index >= 15 is 0 Å². The third-order valence-corrected chi connectivity index (χ3v) is 7.19. The molecule has 39 heavy (non-hydrogen) atoms. The third-order valence-electron chi connectivity index (χ3n) is 6.94. The molecule has 0 saturated heterocycles. The van der Waals surface area contributed by atoms with Gasteiger partial charge in [0, 0.05) is 35.1 Å². The number of aliphatic carboxylic acids is 1. The van der Waals surface area contributed by atoms with Crippen LogP contribution >= 0.6 is 11.6 Å². The number of carbonyl (C=O) groups excluding carboxylic acids is 2. The van der Waals surface area contributed by atoms with E-state index in [0.29, 0.717) is 40.7 Å². The van der Waals surface area contributed by atoms with Gasteiger partial charge in [0.25, 0.3) is 5.91 Å². The number of benzene rings is 2. The molecule has 2 aromatic carbocycles. The SMILES string of the molecule is CCN(C(=O)[C@H]1C[C@H](C)N(C(=O)c2ccc(OCC(C)(C)C(=O)O)cc2)c2cccnc21)c1ccc(Cl)cc1. The molecule has 3 aromatic rings. The van der Waals surface area contributed by atoms with E-state index in [2.05, 4.69) is 4.98 Å². The molecule has 0 radical (unpaired) electrons. The van der Waals surface area contributed by atoms with Crippen molar-refractivity contribution in [3.05, 3.63) is 83.1 Å². The summed E-state index contributed by atoms with van der Waals surface area (Å²) in [5.41, 5.74) is 1.34. The molecule has 1 aliphatic rings.